The van der Waals surface area contributed by atoms with Crippen LogP contribution in [-0.4, -0.2) is 31.7 Å². The van der Waals surface area contributed by atoms with Gasteiger partial charge < -0.3 is 19.7 Å². The van der Waals surface area contributed by atoms with Crippen LogP contribution in [0.5, 0.6) is 5.75 Å². The zero-order valence-electron chi connectivity index (χ0n) is 22.1. The lowest BCUT2D eigenvalue weighted by atomic mass is 10.0. The van der Waals surface area contributed by atoms with Gasteiger partial charge in [0.25, 0.3) is 0 Å². The van der Waals surface area contributed by atoms with E-state index >= 15 is 0 Å². The fraction of sp³-hybridized carbons (Fsp3) is 0.242. The van der Waals surface area contributed by atoms with Gasteiger partial charge in [0, 0.05) is 19.5 Å². The summed E-state index contributed by atoms with van der Waals surface area (Å²) >= 11 is 0. The van der Waals surface area contributed by atoms with Gasteiger partial charge in [-0.05, 0) is 59.5 Å². The third-order valence-electron chi connectivity index (χ3n) is 6.89. The quantitative estimate of drug-likeness (QED) is 0.222. The second-order valence-corrected chi connectivity index (χ2v) is 9.82. The SMILES string of the molecule is O=C(CCC1CN(Cc2ccccc2)c2ccccc2O1)NCCOC(c1ccc(F)cc1)c1ccc(F)cc1. The first-order valence-corrected chi connectivity index (χ1v) is 13.5. The number of hydrogen-bond donors (Lipinski definition) is 1. The fourth-order valence-corrected chi connectivity index (χ4v) is 4.89. The maximum atomic E-state index is 13.5. The van der Waals surface area contributed by atoms with Crippen LogP contribution in [0.2, 0.25) is 0 Å². The molecule has 0 saturated carbocycles. The largest absolute Gasteiger partial charge is 0.486 e. The van der Waals surface area contributed by atoms with Gasteiger partial charge in [0.1, 0.15) is 29.6 Å². The molecule has 1 N–H and O–H groups in total. The summed E-state index contributed by atoms with van der Waals surface area (Å²) in [6, 6.07) is 30.3. The number of hydrogen-bond acceptors (Lipinski definition) is 4. The highest BCUT2D eigenvalue weighted by Crippen LogP contribution is 2.35. The second kappa shape index (κ2) is 13.2. The molecular weight excluding hydrogens is 510 g/mol. The van der Waals surface area contributed by atoms with Crippen LogP contribution in [0.25, 0.3) is 0 Å². The molecule has 1 aliphatic heterocycles. The Kier molecular flexibility index (Phi) is 9.04. The Bertz CT molecular complexity index is 1340. The summed E-state index contributed by atoms with van der Waals surface area (Å²) in [4.78, 5) is 14.9. The van der Waals surface area contributed by atoms with Crippen molar-refractivity contribution < 1.29 is 23.0 Å². The van der Waals surface area contributed by atoms with E-state index in [9.17, 15) is 13.6 Å². The van der Waals surface area contributed by atoms with Crippen LogP contribution in [0.15, 0.2) is 103 Å². The van der Waals surface area contributed by atoms with Crippen molar-refractivity contribution in [3.63, 3.8) is 0 Å². The summed E-state index contributed by atoms with van der Waals surface area (Å²) in [7, 11) is 0. The Balaban J connectivity index is 1.12. The Labute approximate surface area is 233 Å². The first kappa shape index (κ1) is 27.3. The van der Waals surface area contributed by atoms with Crippen molar-refractivity contribution in [2.75, 3.05) is 24.6 Å². The minimum Gasteiger partial charge on any atom is -0.486 e. The molecule has 40 heavy (non-hydrogen) atoms. The molecule has 0 aromatic heterocycles. The van der Waals surface area contributed by atoms with Crippen molar-refractivity contribution in [1.82, 2.24) is 5.32 Å². The Morgan fingerprint density at radius 1 is 0.875 bits per heavy atom. The molecule has 1 atom stereocenters. The molecule has 1 amide bonds. The van der Waals surface area contributed by atoms with Gasteiger partial charge in [-0.3, -0.25) is 4.79 Å². The van der Waals surface area contributed by atoms with Crippen molar-refractivity contribution >= 4 is 11.6 Å². The molecule has 5 rings (SSSR count). The third-order valence-corrected chi connectivity index (χ3v) is 6.89. The van der Waals surface area contributed by atoms with Crippen molar-refractivity contribution in [1.29, 1.82) is 0 Å². The van der Waals surface area contributed by atoms with Gasteiger partial charge in [0.2, 0.25) is 5.91 Å². The zero-order valence-corrected chi connectivity index (χ0v) is 22.1. The van der Waals surface area contributed by atoms with E-state index in [1.54, 1.807) is 24.3 Å². The maximum Gasteiger partial charge on any atom is 0.220 e. The Morgan fingerprint density at radius 2 is 1.50 bits per heavy atom. The highest BCUT2D eigenvalue weighted by molar-refractivity contribution is 5.75. The van der Waals surface area contributed by atoms with Crippen molar-refractivity contribution in [3.05, 3.63) is 131 Å². The average Bonchev–Trinajstić information content (AvgIpc) is 2.98. The molecule has 1 aliphatic rings. The van der Waals surface area contributed by atoms with E-state index in [4.69, 9.17) is 9.47 Å². The highest BCUT2D eigenvalue weighted by atomic mass is 19.1. The number of para-hydroxylation sites is 2. The number of benzene rings is 4. The van der Waals surface area contributed by atoms with E-state index in [1.165, 1.54) is 29.8 Å². The lowest BCUT2D eigenvalue weighted by molar-refractivity contribution is -0.121. The van der Waals surface area contributed by atoms with E-state index in [0.29, 0.717) is 25.9 Å². The summed E-state index contributed by atoms with van der Waals surface area (Å²) in [6.07, 6.45) is 0.289. The topological polar surface area (TPSA) is 50.8 Å². The minimum absolute atomic E-state index is 0.0826. The molecule has 0 spiro atoms. The van der Waals surface area contributed by atoms with Crippen molar-refractivity contribution in [2.24, 2.45) is 0 Å². The number of carbonyl (C=O) groups excluding carboxylic acids is 1. The molecule has 0 bridgehead atoms. The highest BCUT2D eigenvalue weighted by Gasteiger charge is 2.26. The molecular formula is C33H32F2N2O3. The maximum absolute atomic E-state index is 13.5. The monoisotopic (exact) mass is 542 g/mol. The fourth-order valence-electron chi connectivity index (χ4n) is 4.89. The lowest BCUT2D eigenvalue weighted by Crippen LogP contribution is -2.40. The summed E-state index contributed by atoms with van der Waals surface area (Å²) in [5.74, 6) is 0.0573. The summed E-state index contributed by atoms with van der Waals surface area (Å²) in [5, 5.41) is 2.92. The molecule has 0 radical (unpaired) electrons. The minimum atomic E-state index is -0.510. The van der Waals surface area contributed by atoms with E-state index in [0.717, 1.165) is 29.1 Å². The van der Waals surface area contributed by atoms with Crippen molar-refractivity contribution in [3.8, 4) is 5.75 Å². The number of nitrogens with one attached hydrogen (secondary N) is 1. The molecule has 1 unspecified atom stereocenters. The number of amides is 1. The molecule has 4 aromatic carbocycles. The normalized spacial score (nSPS) is 14.5. The van der Waals surface area contributed by atoms with Crippen LogP contribution in [-0.2, 0) is 16.1 Å². The summed E-state index contributed by atoms with van der Waals surface area (Å²) < 4.78 is 39.2. The lowest BCUT2D eigenvalue weighted by Gasteiger charge is -2.36. The molecule has 4 aromatic rings. The van der Waals surface area contributed by atoms with Gasteiger partial charge in [-0.1, -0.05) is 66.7 Å². The van der Waals surface area contributed by atoms with E-state index in [1.807, 2.05) is 36.4 Å². The number of ether oxygens (including phenoxy) is 2. The van der Waals surface area contributed by atoms with E-state index in [-0.39, 0.29) is 30.3 Å². The molecule has 0 aliphatic carbocycles. The number of anilines is 1. The van der Waals surface area contributed by atoms with Gasteiger partial charge in [-0.2, -0.15) is 0 Å². The van der Waals surface area contributed by atoms with Crippen LogP contribution >= 0.6 is 0 Å². The standard InChI is InChI=1S/C33H32F2N2O3/c34-27-14-10-25(11-15-27)33(26-12-16-28(35)17-13-26)39-21-20-36-32(38)19-18-29-23-37(22-24-6-2-1-3-7-24)30-8-4-5-9-31(30)40-29/h1-17,29,33H,18-23H2,(H,36,38). The van der Waals surface area contributed by atoms with Crippen LogP contribution < -0.4 is 15.0 Å². The van der Waals surface area contributed by atoms with Crippen LogP contribution in [0.3, 0.4) is 0 Å². The predicted molar refractivity (Wildman–Crippen MR) is 151 cm³/mol. The average molecular weight is 543 g/mol. The first-order valence-electron chi connectivity index (χ1n) is 13.5. The van der Waals surface area contributed by atoms with Gasteiger partial charge in [-0.15, -0.1) is 0 Å². The number of halogens is 2. The molecule has 206 valence electrons. The van der Waals surface area contributed by atoms with Gasteiger partial charge in [0.05, 0.1) is 18.8 Å². The third kappa shape index (κ3) is 7.24. The Hall–Kier alpha value is -4.23. The van der Waals surface area contributed by atoms with Crippen LogP contribution in [0.4, 0.5) is 14.5 Å². The number of fused-ring (bicyclic) bond motifs is 1. The predicted octanol–water partition coefficient (Wildman–Crippen LogP) is 6.44. The summed E-state index contributed by atoms with van der Waals surface area (Å²) in [5.41, 5.74) is 3.76. The Morgan fingerprint density at radius 3 is 2.17 bits per heavy atom. The molecule has 0 fully saturated rings. The number of rotatable bonds is 11. The molecule has 1 heterocycles. The van der Waals surface area contributed by atoms with Gasteiger partial charge >= 0.3 is 0 Å². The van der Waals surface area contributed by atoms with E-state index in [2.05, 4.69) is 28.4 Å². The van der Waals surface area contributed by atoms with E-state index < -0.39 is 6.10 Å². The molecule has 5 nitrogen and oxygen atoms in total. The van der Waals surface area contributed by atoms with Crippen LogP contribution in [0, 0.1) is 11.6 Å². The van der Waals surface area contributed by atoms with Gasteiger partial charge in [0.15, 0.2) is 0 Å². The zero-order chi connectivity index (χ0) is 27.7. The van der Waals surface area contributed by atoms with Crippen molar-refractivity contribution in [2.45, 2.75) is 31.6 Å². The smallest absolute Gasteiger partial charge is 0.220 e. The van der Waals surface area contributed by atoms with Crippen LogP contribution in [0.1, 0.15) is 35.6 Å². The molecule has 7 heteroatoms. The first-order chi connectivity index (χ1) is 19.5. The number of nitrogens with zero attached hydrogens (tertiary/aromatic N) is 1. The number of carbonyl (C=O) groups is 1. The molecule has 0 saturated heterocycles. The second-order valence-electron chi connectivity index (χ2n) is 9.82. The van der Waals surface area contributed by atoms with Gasteiger partial charge in [-0.25, -0.2) is 8.78 Å². The summed E-state index contributed by atoms with van der Waals surface area (Å²) in [6.45, 7) is 2.01.